The molecule has 1 aliphatic rings. The lowest BCUT2D eigenvalue weighted by molar-refractivity contribution is -0.0429. The molecule has 0 fully saturated rings. The number of nitrogens with one attached hydrogen (secondary N) is 1. The lowest BCUT2D eigenvalue weighted by Gasteiger charge is -2.24. The molecule has 2 N–H and O–H groups in total. The molecule has 0 radical (unpaired) electrons. The molecular weight excluding hydrogens is 548 g/mol. The number of alkyl halides is 3. The number of sulfonamides is 1. The van der Waals surface area contributed by atoms with Crippen LogP contribution in [0.15, 0.2) is 66.7 Å². The number of ether oxygens (including phenoxy) is 2. The molecule has 2 heterocycles. The number of halogens is 4. The summed E-state index contributed by atoms with van der Waals surface area (Å²) in [6.07, 6.45) is 0.939. The van der Waals surface area contributed by atoms with Gasteiger partial charge in [-0.15, -0.1) is 11.3 Å². The first-order chi connectivity index (χ1) is 18.0. The van der Waals surface area contributed by atoms with E-state index in [9.17, 15) is 31.1 Å². The van der Waals surface area contributed by atoms with Crippen molar-refractivity contribution in [3.05, 3.63) is 88.7 Å². The molecule has 1 unspecified atom stereocenters. The van der Waals surface area contributed by atoms with Crippen molar-refractivity contribution in [1.82, 2.24) is 4.98 Å². The van der Waals surface area contributed by atoms with Gasteiger partial charge in [0.25, 0.3) is 0 Å². The van der Waals surface area contributed by atoms with Gasteiger partial charge in [0, 0.05) is 18.2 Å². The summed E-state index contributed by atoms with van der Waals surface area (Å²) in [7, 11) is -5.55. The Morgan fingerprint density at radius 3 is 2.71 bits per heavy atom. The third kappa shape index (κ3) is 5.53. The third-order valence-corrected chi connectivity index (χ3v) is 7.65. The van der Waals surface area contributed by atoms with Gasteiger partial charge in [-0.3, -0.25) is 4.72 Å². The minimum absolute atomic E-state index is 0.0777. The number of thiazole rings is 1. The Bertz CT molecular complexity index is 1650. The van der Waals surface area contributed by atoms with Crippen LogP contribution < -0.4 is 14.2 Å². The van der Waals surface area contributed by atoms with E-state index in [1.54, 1.807) is 30.3 Å². The van der Waals surface area contributed by atoms with Gasteiger partial charge in [-0.25, -0.2) is 9.37 Å². The number of rotatable bonds is 7. The van der Waals surface area contributed by atoms with Gasteiger partial charge >= 0.3 is 15.5 Å². The Hall–Kier alpha value is -3.84. The van der Waals surface area contributed by atoms with E-state index in [1.165, 1.54) is 52.5 Å². The van der Waals surface area contributed by atoms with Gasteiger partial charge < -0.3 is 14.6 Å². The van der Waals surface area contributed by atoms with Gasteiger partial charge in [-0.05, 0) is 54.1 Å². The van der Waals surface area contributed by atoms with Crippen molar-refractivity contribution >= 4 is 43.0 Å². The average molecular weight is 567 g/mol. The van der Waals surface area contributed by atoms with E-state index in [2.05, 4.69) is 4.98 Å². The van der Waals surface area contributed by atoms with Crippen molar-refractivity contribution in [3.8, 4) is 11.5 Å². The smallest absolute Gasteiger partial charge is 0.507 e. The minimum Gasteiger partial charge on any atom is -0.507 e. The van der Waals surface area contributed by atoms with E-state index in [0.29, 0.717) is 33.2 Å². The van der Waals surface area contributed by atoms with E-state index >= 15 is 0 Å². The van der Waals surface area contributed by atoms with Crippen molar-refractivity contribution in [2.75, 3.05) is 4.72 Å². The fourth-order valence-corrected chi connectivity index (χ4v) is 5.24. The van der Waals surface area contributed by atoms with Gasteiger partial charge in [0.05, 0.1) is 15.8 Å². The van der Waals surface area contributed by atoms with Crippen LogP contribution in [0.1, 0.15) is 16.1 Å². The summed E-state index contributed by atoms with van der Waals surface area (Å²) < 4.78 is 88.2. The Balaban J connectivity index is 1.26. The van der Waals surface area contributed by atoms with E-state index in [1.807, 2.05) is 0 Å². The second kappa shape index (κ2) is 9.80. The number of hydrogen-bond donors (Lipinski definition) is 2. The summed E-state index contributed by atoms with van der Waals surface area (Å²) in [4.78, 5) is 4.35. The Morgan fingerprint density at radius 1 is 1.11 bits per heavy atom. The highest BCUT2D eigenvalue weighted by molar-refractivity contribution is 7.93. The SMILES string of the molecule is O=S(=O)(Nc1cccc(CC2C=C(O)c3cc(OCc4nc5cc(F)ccc5s4)ccc3O2)c1)C(F)(F)F. The molecular formula is C25H18F4N2O5S2. The second-order valence-corrected chi connectivity index (χ2v) is 11.1. The number of aliphatic hydroxyl groups is 1. The van der Waals surface area contributed by atoms with E-state index < -0.39 is 21.6 Å². The van der Waals surface area contributed by atoms with Gasteiger partial charge in [-0.1, -0.05) is 12.1 Å². The Morgan fingerprint density at radius 2 is 1.92 bits per heavy atom. The van der Waals surface area contributed by atoms with Crippen LogP contribution in [0.3, 0.4) is 0 Å². The predicted molar refractivity (Wildman–Crippen MR) is 134 cm³/mol. The van der Waals surface area contributed by atoms with Crippen LogP contribution in [-0.2, 0) is 23.1 Å². The van der Waals surface area contributed by atoms with E-state index in [0.717, 1.165) is 4.70 Å². The maximum atomic E-state index is 13.4. The number of benzene rings is 3. The zero-order chi connectivity index (χ0) is 27.1. The van der Waals surface area contributed by atoms with Crippen LogP contribution >= 0.6 is 11.3 Å². The number of anilines is 1. The summed E-state index contributed by atoms with van der Waals surface area (Å²) in [6.45, 7) is 0.141. The fraction of sp³-hybridized carbons (Fsp3) is 0.160. The summed E-state index contributed by atoms with van der Waals surface area (Å²) in [5.41, 5.74) is -4.27. The molecule has 0 saturated carbocycles. The molecule has 0 spiro atoms. The lowest BCUT2D eigenvalue weighted by atomic mass is 10.0. The first-order valence-corrected chi connectivity index (χ1v) is 13.3. The van der Waals surface area contributed by atoms with Crippen molar-refractivity contribution in [1.29, 1.82) is 0 Å². The number of aliphatic hydroxyl groups excluding tert-OH is 1. The molecule has 38 heavy (non-hydrogen) atoms. The summed E-state index contributed by atoms with van der Waals surface area (Å²) in [5, 5.41) is 11.3. The first kappa shape index (κ1) is 25.8. The molecule has 0 aliphatic carbocycles. The van der Waals surface area contributed by atoms with Gasteiger partial charge in [0.2, 0.25) is 0 Å². The lowest BCUT2D eigenvalue weighted by Crippen LogP contribution is -2.30. The van der Waals surface area contributed by atoms with Crippen LogP contribution in [0, 0.1) is 5.82 Å². The van der Waals surface area contributed by atoms with Crippen LogP contribution in [-0.4, -0.2) is 30.1 Å². The fourth-order valence-electron chi connectivity index (χ4n) is 3.83. The van der Waals surface area contributed by atoms with Crippen molar-refractivity contribution in [2.45, 2.75) is 24.6 Å². The highest BCUT2D eigenvalue weighted by Crippen LogP contribution is 2.35. The molecule has 3 aromatic carbocycles. The second-order valence-electron chi connectivity index (χ2n) is 8.33. The molecule has 7 nitrogen and oxygen atoms in total. The molecule has 0 bridgehead atoms. The number of hydrogen-bond acceptors (Lipinski definition) is 7. The molecule has 5 rings (SSSR count). The zero-order valence-electron chi connectivity index (χ0n) is 19.2. The molecule has 13 heteroatoms. The molecule has 198 valence electrons. The first-order valence-electron chi connectivity index (χ1n) is 11.0. The normalized spacial score (nSPS) is 15.5. The quantitative estimate of drug-likeness (QED) is 0.260. The van der Waals surface area contributed by atoms with Crippen LogP contribution in [0.5, 0.6) is 11.5 Å². The topological polar surface area (TPSA) is 97.8 Å². The van der Waals surface area contributed by atoms with Crippen LogP contribution in [0.2, 0.25) is 0 Å². The maximum Gasteiger partial charge on any atom is 0.516 e. The molecule has 1 atom stereocenters. The maximum absolute atomic E-state index is 13.4. The average Bonchev–Trinajstić information content (AvgIpc) is 3.24. The summed E-state index contributed by atoms with van der Waals surface area (Å²) in [5.74, 6) is 0.364. The molecule has 1 aromatic heterocycles. The van der Waals surface area contributed by atoms with E-state index in [4.69, 9.17) is 9.47 Å². The standard InChI is InChI=1S/C25H18F4N2O5S2/c26-15-4-7-23-20(10-15)30-24(37-23)13-35-17-5-6-22-19(11-17)21(32)12-18(36-22)9-14-2-1-3-16(8-14)31-38(33,34)25(27,28)29/h1-8,10-12,18,31-32H,9,13H2. The largest absolute Gasteiger partial charge is 0.516 e. The number of aromatic nitrogens is 1. The molecule has 4 aromatic rings. The predicted octanol–water partition coefficient (Wildman–Crippen LogP) is 6.18. The highest BCUT2D eigenvalue weighted by atomic mass is 32.2. The zero-order valence-corrected chi connectivity index (χ0v) is 20.8. The molecule has 0 saturated heterocycles. The van der Waals surface area contributed by atoms with Crippen molar-refractivity contribution in [3.63, 3.8) is 0 Å². The van der Waals surface area contributed by atoms with Crippen LogP contribution in [0.25, 0.3) is 16.0 Å². The Kier molecular flexibility index (Phi) is 6.65. The van der Waals surface area contributed by atoms with Crippen molar-refractivity contribution < 1.29 is 40.6 Å². The highest BCUT2D eigenvalue weighted by Gasteiger charge is 2.46. The minimum atomic E-state index is -5.55. The number of fused-ring (bicyclic) bond motifs is 2. The summed E-state index contributed by atoms with van der Waals surface area (Å²) >= 11 is 1.38. The third-order valence-electron chi connectivity index (χ3n) is 5.53. The van der Waals surface area contributed by atoms with Gasteiger partial charge in [0.15, 0.2) is 0 Å². The molecule has 0 amide bonds. The summed E-state index contributed by atoms with van der Waals surface area (Å²) in [6, 6.07) is 14.7. The van der Waals surface area contributed by atoms with Gasteiger partial charge in [0.1, 0.15) is 40.8 Å². The monoisotopic (exact) mass is 566 g/mol. The Labute approximate surface area is 218 Å². The molecule has 1 aliphatic heterocycles. The van der Waals surface area contributed by atoms with Crippen molar-refractivity contribution in [2.24, 2.45) is 0 Å². The van der Waals surface area contributed by atoms with Crippen LogP contribution in [0.4, 0.5) is 23.2 Å². The number of nitrogens with zero attached hydrogens (tertiary/aromatic N) is 1. The van der Waals surface area contributed by atoms with Gasteiger partial charge in [-0.2, -0.15) is 21.6 Å². The van der Waals surface area contributed by atoms with E-state index in [-0.39, 0.29) is 30.3 Å².